The van der Waals surface area contributed by atoms with Crippen LogP contribution in [0.15, 0.2) is 54.6 Å². The molecule has 0 heterocycles. The summed E-state index contributed by atoms with van der Waals surface area (Å²) in [7, 11) is 0. The molecule has 1 amide bonds. The lowest BCUT2D eigenvalue weighted by atomic mass is 10.1. The third kappa shape index (κ3) is 4.65. The van der Waals surface area contributed by atoms with Crippen molar-refractivity contribution in [1.82, 2.24) is 4.90 Å². The van der Waals surface area contributed by atoms with Crippen LogP contribution in [0.3, 0.4) is 0 Å². The number of hydrogen-bond donors (Lipinski definition) is 0. The zero-order valence-electron chi connectivity index (χ0n) is 13.9. The Morgan fingerprint density at radius 3 is 2.54 bits per heavy atom. The normalized spacial score (nSPS) is 14.0. The van der Waals surface area contributed by atoms with Crippen LogP contribution in [-0.2, 0) is 11.3 Å². The Morgan fingerprint density at radius 2 is 1.85 bits per heavy atom. The van der Waals surface area contributed by atoms with Crippen molar-refractivity contribution in [3.63, 3.8) is 0 Å². The van der Waals surface area contributed by atoms with Crippen molar-refractivity contribution in [3.05, 3.63) is 71.6 Å². The second kappa shape index (κ2) is 8.08. The SMILES string of the molecule is O=C(/C=C/c1ccccc1OC(F)F)N(Cc1ccccc1F)C1CC1. The first-order valence-corrected chi connectivity index (χ1v) is 8.30. The Morgan fingerprint density at radius 1 is 1.15 bits per heavy atom. The van der Waals surface area contributed by atoms with Gasteiger partial charge in [0.1, 0.15) is 11.6 Å². The quantitative estimate of drug-likeness (QED) is 0.673. The van der Waals surface area contributed by atoms with Crippen LogP contribution in [0.4, 0.5) is 13.2 Å². The van der Waals surface area contributed by atoms with Gasteiger partial charge in [0, 0.05) is 29.8 Å². The number of alkyl halides is 2. The van der Waals surface area contributed by atoms with Crippen LogP contribution in [0.2, 0.25) is 0 Å². The molecule has 0 aromatic heterocycles. The van der Waals surface area contributed by atoms with E-state index in [1.807, 2.05) is 0 Å². The summed E-state index contributed by atoms with van der Waals surface area (Å²) in [5, 5.41) is 0. The van der Waals surface area contributed by atoms with Crippen molar-refractivity contribution in [3.8, 4) is 5.75 Å². The van der Waals surface area contributed by atoms with E-state index in [2.05, 4.69) is 4.74 Å². The average Bonchev–Trinajstić information content (AvgIpc) is 3.44. The third-order valence-corrected chi connectivity index (χ3v) is 4.11. The summed E-state index contributed by atoms with van der Waals surface area (Å²) < 4.78 is 43.3. The number of ether oxygens (including phenoxy) is 1. The van der Waals surface area contributed by atoms with Crippen molar-refractivity contribution < 1.29 is 22.7 Å². The van der Waals surface area contributed by atoms with E-state index in [0.717, 1.165) is 12.8 Å². The maximum absolute atomic E-state index is 13.9. The summed E-state index contributed by atoms with van der Waals surface area (Å²) in [6, 6.07) is 12.6. The van der Waals surface area contributed by atoms with Gasteiger partial charge in [0.2, 0.25) is 5.91 Å². The van der Waals surface area contributed by atoms with E-state index >= 15 is 0 Å². The highest BCUT2D eigenvalue weighted by Crippen LogP contribution is 2.29. The molecule has 0 unspecified atom stereocenters. The summed E-state index contributed by atoms with van der Waals surface area (Å²) in [6.07, 6.45) is 4.50. The molecule has 1 saturated carbocycles. The molecule has 0 bridgehead atoms. The summed E-state index contributed by atoms with van der Waals surface area (Å²) in [5.41, 5.74) is 0.824. The molecular weight excluding hydrogens is 343 g/mol. The van der Waals surface area contributed by atoms with Crippen molar-refractivity contribution in [1.29, 1.82) is 0 Å². The van der Waals surface area contributed by atoms with E-state index < -0.39 is 6.61 Å². The van der Waals surface area contributed by atoms with Crippen molar-refractivity contribution >= 4 is 12.0 Å². The smallest absolute Gasteiger partial charge is 0.387 e. The molecule has 0 atom stereocenters. The van der Waals surface area contributed by atoms with Gasteiger partial charge in [-0.15, -0.1) is 0 Å². The number of nitrogens with zero attached hydrogens (tertiary/aromatic N) is 1. The molecule has 0 saturated heterocycles. The van der Waals surface area contributed by atoms with Crippen molar-refractivity contribution in [2.45, 2.75) is 32.0 Å². The van der Waals surface area contributed by atoms with Gasteiger partial charge in [-0.2, -0.15) is 8.78 Å². The van der Waals surface area contributed by atoms with Gasteiger partial charge in [0.25, 0.3) is 0 Å². The monoisotopic (exact) mass is 361 g/mol. The van der Waals surface area contributed by atoms with Crippen molar-refractivity contribution in [2.75, 3.05) is 0 Å². The van der Waals surface area contributed by atoms with Gasteiger partial charge in [-0.3, -0.25) is 4.79 Å². The van der Waals surface area contributed by atoms with Gasteiger partial charge >= 0.3 is 6.61 Å². The van der Waals surface area contributed by atoms with E-state index in [4.69, 9.17) is 0 Å². The van der Waals surface area contributed by atoms with E-state index in [1.54, 1.807) is 41.3 Å². The topological polar surface area (TPSA) is 29.5 Å². The molecule has 0 aliphatic heterocycles. The molecule has 136 valence electrons. The molecule has 2 aromatic rings. The van der Waals surface area contributed by atoms with Gasteiger partial charge in [0.15, 0.2) is 0 Å². The Kier molecular flexibility index (Phi) is 5.61. The highest BCUT2D eigenvalue weighted by molar-refractivity contribution is 5.92. The first kappa shape index (κ1) is 18.0. The van der Waals surface area contributed by atoms with E-state index in [1.165, 1.54) is 24.3 Å². The molecule has 0 N–H and O–H groups in total. The number of para-hydroxylation sites is 1. The molecule has 1 aliphatic rings. The van der Waals surface area contributed by atoms with Gasteiger partial charge in [-0.25, -0.2) is 4.39 Å². The Balaban J connectivity index is 1.75. The molecule has 2 aromatic carbocycles. The summed E-state index contributed by atoms with van der Waals surface area (Å²) in [6.45, 7) is -2.76. The van der Waals surface area contributed by atoms with Gasteiger partial charge in [-0.1, -0.05) is 36.4 Å². The van der Waals surface area contributed by atoms with Crippen molar-refractivity contribution in [2.24, 2.45) is 0 Å². The number of hydrogen-bond acceptors (Lipinski definition) is 2. The van der Waals surface area contributed by atoms with E-state index in [0.29, 0.717) is 11.1 Å². The summed E-state index contributed by atoms with van der Waals surface area (Å²) in [4.78, 5) is 14.2. The molecule has 6 heteroatoms. The number of rotatable bonds is 7. The summed E-state index contributed by atoms with van der Waals surface area (Å²) >= 11 is 0. The van der Waals surface area contributed by atoms with Crippen LogP contribution in [0.1, 0.15) is 24.0 Å². The zero-order valence-corrected chi connectivity index (χ0v) is 13.9. The van der Waals surface area contributed by atoms with E-state index in [9.17, 15) is 18.0 Å². The minimum absolute atomic E-state index is 0.00127. The van der Waals surface area contributed by atoms with Gasteiger partial charge in [0.05, 0.1) is 0 Å². The lowest BCUT2D eigenvalue weighted by Crippen LogP contribution is -2.31. The second-order valence-corrected chi connectivity index (χ2v) is 6.04. The number of benzene rings is 2. The lowest BCUT2D eigenvalue weighted by molar-refractivity contribution is -0.127. The van der Waals surface area contributed by atoms with Crippen LogP contribution < -0.4 is 4.74 Å². The molecule has 1 fully saturated rings. The minimum atomic E-state index is -2.94. The van der Waals surface area contributed by atoms with Crippen LogP contribution in [0.5, 0.6) is 5.75 Å². The number of carbonyl (C=O) groups is 1. The van der Waals surface area contributed by atoms with E-state index in [-0.39, 0.29) is 30.1 Å². The highest BCUT2D eigenvalue weighted by atomic mass is 19.3. The van der Waals surface area contributed by atoms with Gasteiger partial charge in [-0.05, 0) is 31.1 Å². The maximum Gasteiger partial charge on any atom is 0.387 e. The molecule has 1 aliphatic carbocycles. The number of halogens is 3. The highest BCUT2D eigenvalue weighted by Gasteiger charge is 2.32. The molecule has 3 nitrogen and oxygen atoms in total. The molecular formula is C20H18F3NO2. The van der Waals surface area contributed by atoms with Crippen LogP contribution in [-0.4, -0.2) is 23.5 Å². The van der Waals surface area contributed by atoms with Gasteiger partial charge < -0.3 is 9.64 Å². The molecule has 26 heavy (non-hydrogen) atoms. The Hall–Kier alpha value is -2.76. The average molecular weight is 361 g/mol. The fourth-order valence-electron chi connectivity index (χ4n) is 2.66. The predicted octanol–water partition coefficient (Wildman–Crippen LogP) is 4.63. The molecule has 0 radical (unpaired) electrons. The van der Waals surface area contributed by atoms with Crippen LogP contribution in [0.25, 0.3) is 6.08 Å². The first-order chi connectivity index (χ1) is 12.5. The largest absolute Gasteiger partial charge is 0.434 e. The Labute approximate surface area is 149 Å². The zero-order chi connectivity index (χ0) is 18.5. The number of amides is 1. The fourth-order valence-corrected chi connectivity index (χ4v) is 2.66. The van der Waals surface area contributed by atoms with Crippen LogP contribution >= 0.6 is 0 Å². The minimum Gasteiger partial charge on any atom is -0.434 e. The lowest BCUT2D eigenvalue weighted by Gasteiger charge is -2.21. The Bertz CT molecular complexity index is 803. The third-order valence-electron chi connectivity index (χ3n) is 4.11. The maximum atomic E-state index is 13.9. The standard InChI is InChI=1S/C20H18F3NO2/c21-17-7-3-1-6-15(17)13-24(16-10-11-16)19(25)12-9-14-5-2-4-8-18(14)26-20(22)23/h1-9,12,16,20H,10-11,13H2/b12-9+. The summed E-state index contributed by atoms with van der Waals surface area (Å²) in [5.74, 6) is -0.646. The molecule has 0 spiro atoms. The predicted molar refractivity (Wildman–Crippen MR) is 92.1 cm³/mol. The second-order valence-electron chi connectivity index (χ2n) is 6.04. The first-order valence-electron chi connectivity index (χ1n) is 8.30. The van der Waals surface area contributed by atoms with Crippen LogP contribution in [0, 0.1) is 5.82 Å². The number of carbonyl (C=O) groups excluding carboxylic acids is 1. The molecule has 3 rings (SSSR count). The fraction of sp³-hybridized carbons (Fsp3) is 0.250.